The van der Waals surface area contributed by atoms with Crippen molar-refractivity contribution in [2.75, 3.05) is 6.54 Å². The average molecular weight is 779 g/mol. The van der Waals surface area contributed by atoms with Gasteiger partial charge in [0.15, 0.2) is 17.7 Å². The number of fused-ring (bicyclic) bond motifs is 6. The number of aryl methyl sites for hydroxylation is 1. The molecule has 0 amide bonds. The summed E-state index contributed by atoms with van der Waals surface area (Å²) in [7, 11) is 0. The molecule has 2 bridgehead atoms. The number of carbonyl (C=O) groups is 1. The summed E-state index contributed by atoms with van der Waals surface area (Å²) in [4.78, 5) is 25.0. The van der Waals surface area contributed by atoms with Gasteiger partial charge in [0.25, 0.3) is 0 Å². The maximum atomic E-state index is 13.2. The molecular formula is C48H50N4O6. The molecule has 0 radical (unpaired) electrons. The first kappa shape index (κ1) is 37.3. The monoisotopic (exact) mass is 778 g/mol. The van der Waals surface area contributed by atoms with Crippen molar-refractivity contribution in [1.82, 2.24) is 4.90 Å². The van der Waals surface area contributed by atoms with E-state index in [4.69, 9.17) is 20.2 Å². The van der Waals surface area contributed by atoms with Crippen molar-refractivity contribution >= 4 is 18.2 Å². The van der Waals surface area contributed by atoms with Crippen LogP contribution in [0.1, 0.15) is 117 Å². The van der Waals surface area contributed by atoms with Crippen molar-refractivity contribution in [3.05, 3.63) is 93.3 Å². The number of aliphatic hydroxyl groups excluding tert-OH is 3. The fourth-order valence-electron chi connectivity index (χ4n) is 10.9. The molecule has 2 aromatic rings. The zero-order valence-electron chi connectivity index (χ0n) is 32.8. The van der Waals surface area contributed by atoms with E-state index in [1.54, 1.807) is 0 Å². The Kier molecular flexibility index (Phi) is 9.45. The van der Waals surface area contributed by atoms with Crippen LogP contribution in [0.25, 0.3) is 0 Å². The number of aliphatic imine (C=N–C) groups is 2. The van der Waals surface area contributed by atoms with Gasteiger partial charge in [0.2, 0.25) is 0 Å². The van der Waals surface area contributed by atoms with Gasteiger partial charge in [-0.1, -0.05) is 67.9 Å². The summed E-state index contributed by atoms with van der Waals surface area (Å²) >= 11 is 0. The van der Waals surface area contributed by atoms with E-state index in [1.807, 2.05) is 61.8 Å². The van der Waals surface area contributed by atoms with E-state index in [2.05, 4.69) is 40.0 Å². The highest BCUT2D eigenvalue weighted by Gasteiger charge is 2.49. The number of ketones is 1. The maximum Gasteiger partial charge on any atom is 0.187 e. The molecule has 0 saturated heterocycles. The highest BCUT2D eigenvalue weighted by molar-refractivity contribution is 5.90. The minimum atomic E-state index is -1.05. The van der Waals surface area contributed by atoms with Gasteiger partial charge in [-0.2, -0.15) is 0 Å². The first-order valence-electron chi connectivity index (χ1n) is 21.1. The molecular weight excluding hydrogens is 729 g/mol. The van der Waals surface area contributed by atoms with Crippen molar-refractivity contribution in [2.45, 2.75) is 114 Å². The minimum absolute atomic E-state index is 0.0168. The Bertz CT molecular complexity index is 2330. The Morgan fingerprint density at radius 1 is 1.07 bits per heavy atom. The number of nitrogens with zero attached hydrogens (tertiary/aromatic N) is 3. The molecule has 10 atom stereocenters. The molecule has 10 unspecified atom stereocenters. The molecule has 8 aliphatic rings. The van der Waals surface area contributed by atoms with E-state index in [0.717, 1.165) is 77.6 Å². The van der Waals surface area contributed by atoms with Gasteiger partial charge in [0.1, 0.15) is 24.2 Å². The SMILES string of the molecule is CC1C=CC(C(O)CC(=O)CCc2ccc3c(c2)OC2C(C#CC(O)c4ccc5c6c4C(CCC6C=NC5N)C4=C5CN2C=C5N=C4)C2(C#CO3)CCCC2)C(O)C1. The lowest BCUT2D eigenvalue weighted by molar-refractivity contribution is -0.122. The quantitative estimate of drug-likeness (QED) is 0.205. The summed E-state index contributed by atoms with van der Waals surface area (Å²) in [5, 5.41) is 33.5. The van der Waals surface area contributed by atoms with Gasteiger partial charge >= 0.3 is 0 Å². The van der Waals surface area contributed by atoms with Crippen LogP contribution in [0.3, 0.4) is 0 Å². The Hall–Kier alpha value is -4.97. The molecule has 5 aliphatic heterocycles. The predicted octanol–water partition coefficient (Wildman–Crippen LogP) is 6.04. The third-order valence-corrected chi connectivity index (χ3v) is 14.0. The first-order valence-corrected chi connectivity index (χ1v) is 21.1. The van der Waals surface area contributed by atoms with Gasteiger partial charge < -0.3 is 35.4 Å². The van der Waals surface area contributed by atoms with E-state index >= 15 is 0 Å². The fraction of sp³-hybridized carbons (Fsp3) is 0.479. The number of ether oxygens (including phenoxy) is 2. The molecule has 3 aliphatic carbocycles. The number of allylic oxidation sites excluding steroid dienone is 2. The number of aliphatic hydroxyl groups is 3. The Balaban J connectivity index is 1.00. The van der Waals surface area contributed by atoms with Gasteiger partial charge in [-0.25, -0.2) is 0 Å². The van der Waals surface area contributed by atoms with Crippen LogP contribution in [-0.2, 0) is 11.2 Å². The summed E-state index contributed by atoms with van der Waals surface area (Å²) in [6.45, 7) is 2.61. The fourth-order valence-corrected chi connectivity index (χ4v) is 10.9. The van der Waals surface area contributed by atoms with Crippen LogP contribution in [0.4, 0.5) is 0 Å². The number of Topliss-reactive ketones (excluding diaryl/α,β-unsaturated/α-hetero) is 1. The second-order valence-electron chi connectivity index (χ2n) is 17.6. The molecule has 10 heteroatoms. The third kappa shape index (κ3) is 6.42. The first-order chi connectivity index (χ1) is 28.2. The van der Waals surface area contributed by atoms with Crippen molar-refractivity contribution in [3.63, 3.8) is 0 Å². The molecule has 0 aromatic heterocycles. The molecule has 5 heterocycles. The summed E-state index contributed by atoms with van der Waals surface area (Å²) in [6, 6.07) is 9.73. The van der Waals surface area contributed by atoms with E-state index in [9.17, 15) is 20.1 Å². The lowest BCUT2D eigenvalue weighted by atomic mass is 9.68. The van der Waals surface area contributed by atoms with Crippen LogP contribution < -0.4 is 15.2 Å². The number of hydrogen-bond acceptors (Lipinski definition) is 10. The summed E-state index contributed by atoms with van der Waals surface area (Å²) < 4.78 is 13.3. The van der Waals surface area contributed by atoms with Crippen molar-refractivity contribution < 1.29 is 29.6 Å². The average Bonchev–Trinajstić information content (AvgIpc) is 3.96. The van der Waals surface area contributed by atoms with Gasteiger partial charge in [-0.15, -0.1) is 0 Å². The van der Waals surface area contributed by atoms with E-state index in [1.165, 1.54) is 5.56 Å². The standard InChI is InChI=1S/C48H50N4O6/c1-27-4-9-32(40(55)20-27)41(56)22-30(53)8-5-28-6-15-42-43(21-28)58-47-37(48(18-19-57-42)16-2-3-17-48)13-14-39(54)33-11-12-34-44-29(23-51-46(34)49)7-10-31(45(33)44)35-24-50-38-26-52(47)25-36(35)38/h4,6,9,11-12,15,21,23-24,26-27,29,31-32,37,39-41,46-47,54-56H,2-3,5,7-8,10,16-17,20,22,25,49H2,1H3. The Labute approximate surface area is 339 Å². The molecule has 10 nitrogen and oxygen atoms in total. The molecule has 58 heavy (non-hydrogen) atoms. The predicted molar refractivity (Wildman–Crippen MR) is 220 cm³/mol. The zero-order valence-corrected chi connectivity index (χ0v) is 32.8. The van der Waals surface area contributed by atoms with Crippen LogP contribution in [0.5, 0.6) is 11.5 Å². The van der Waals surface area contributed by atoms with Crippen LogP contribution in [0, 0.1) is 47.0 Å². The largest absolute Gasteiger partial charge is 0.465 e. The van der Waals surface area contributed by atoms with E-state index in [-0.39, 0.29) is 36.4 Å². The lowest BCUT2D eigenvalue weighted by Crippen LogP contribution is -2.47. The summed E-state index contributed by atoms with van der Waals surface area (Å²) in [6.07, 6.45) is 16.0. The van der Waals surface area contributed by atoms with Crippen LogP contribution >= 0.6 is 0 Å². The van der Waals surface area contributed by atoms with E-state index in [0.29, 0.717) is 30.9 Å². The molecule has 1 fully saturated rings. The number of benzene rings is 2. The van der Waals surface area contributed by atoms with Gasteiger partial charge in [0.05, 0.1) is 29.2 Å². The smallest absolute Gasteiger partial charge is 0.187 e. The molecule has 1 saturated carbocycles. The molecule has 298 valence electrons. The number of rotatable bonds is 6. The molecule has 10 rings (SSSR count). The van der Waals surface area contributed by atoms with Crippen LogP contribution in [0.2, 0.25) is 0 Å². The normalized spacial score (nSPS) is 32.3. The topological polar surface area (TPSA) is 150 Å². The van der Waals surface area contributed by atoms with Crippen molar-refractivity contribution in [2.24, 2.45) is 38.9 Å². The van der Waals surface area contributed by atoms with Gasteiger partial charge in [-0.3, -0.25) is 14.8 Å². The highest BCUT2D eigenvalue weighted by atomic mass is 16.5. The van der Waals surface area contributed by atoms with Crippen LogP contribution in [0.15, 0.2) is 75.5 Å². The van der Waals surface area contributed by atoms with Crippen molar-refractivity contribution in [1.29, 1.82) is 0 Å². The Morgan fingerprint density at radius 2 is 1.91 bits per heavy atom. The Morgan fingerprint density at radius 3 is 2.76 bits per heavy atom. The molecule has 1 spiro atoms. The maximum absolute atomic E-state index is 13.2. The summed E-state index contributed by atoms with van der Waals surface area (Å²) in [5.41, 5.74) is 14.3. The second kappa shape index (κ2) is 14.7. The number of carbonyl (C=O) groups excluding carboxylic acids is 1. The lowest BCUT2D eigenvalue weighted by Gasteiger charge is -2.40. The van der Waals surface area contributed by atoms with E-state index < -0.39 is 48.0 Å². The van der Waals surface area contributed by atoms with Crippen LogP contribution in [-0.4, -0.2) is 63.4 Å². The number of nitrogens with two attached hydrogens (primary N) is 1. The van der Waals surface area contributed by atoms with Gasteiger partial charge in [0, 0.05) is 61.3 Å². The third-order valence-electron chi connectivity index (χ3n) is 14.0. The zero-order chi connectivity index (χ0) is 39.7. The molecule has 2 aromatic carbocycles. The highest BCUT2D eigenvalue weighted by Crippen LogP contribution is 2.53. The second-order valence-corrected chi connectivity index (χ2v) is 17.6. The molecule has 5 N–H and O–H groups in total. The number of hydrogen-bond donors (Lipinski definition) is 4. The van der Waals surface area contributed by atoms with Crippen molar-refractivity contribution in [3.8, 4) is 35.4 Å². The minimum Gasteiger partial charge on any atom is -0.465 e. The van der Waals surface area contributed by atoms with Gasteiger partial charge in [-0.05, 0) is 90.0 Å². The summed E-state index contributed by atoms with van der Waals surface area (Å²) in [5.74, 6) is 11.0.